The maximum Gasteiger partial charge on any atom is 0.318 e. The number of benzene rings is 2. The quantitative estimate of drug-likeness (QED) is 0.254. The average molecular weight is 630 g/mol. The van der Waals surface area contributed by atoms with Crippen LogP contribution >= 0.6 is 11.6 Å². The van der Waals surface area contributed by atoms with Crippen LogP contribution in [0.25, 0.3) is 15.6 Å². The monoisotopic (exact) mass is 629 g/mol. The van der Waals surface area contributed by atoms with E-state index in [-0.39, 0.29) is 25.1 Å². The molecule has 0 radical (unpaired) electrons. The van der Waals surface area contributed by atoms with Gasteiger partial charge in [0, 0.05) is 61.5 Å². The number of carbonyl (C=O) groups is 1. The van der Waals surface area contributed by atoms with Crippen LogP contribution in [-0.4, -0.2) is 104 Å². The molecule has 10 nitrogen and oxygen atoms in total. The van der Waals surface area contributed by atoms with E-state index >= 15 is 0 Å². The summed E-state index contributed by atoms with van der Waals surface area (Å²) in [6.45, 7) is 16.4. The largest absolute Gasteiger partial charge is 0.462 e. The molecule has 0 N–H and O–H groups in total. The van der Waals surface area contributed by atoms with Gasteiger partial charge in [-0.25, -0.2) is 6.57 Å². The summed E-state index contributed by atoms with van der Waals surface area (Å²) in [4.78, 5) is 35.5. The molecule has 2 fully saturated rings. The lowest BCUT2D eigenvalue weighted by Crippen LogP contribution is -2.57. The number of rotatable bonds is 9. The van der Waals surface area contributed by atoms with Crippen LogP contribution in [0.3, 0.4) is 0 Å². The molecule has 3 aliphatic heterocycles. The number of methoxy groups -OCH3 is 1. The fourth-order valence-electron chi connectivity index (χ4n) is 6.84. The van der Waals surface area contributed by atoms with Crippen LogP contribution in [0, 0.1) is 6.57 Å². The van der Waals surface area contributed by atoms with Crippen LogP contribution in [0.5, 0.6) is 6.01 Å². The van der Waals surface area contributed by atoms with Crippen molar-refractivity contribution in [2.45, 2.75) is 37.9 Å². The van der Waals surface area contributed by atoms with Crippen LogP contribution in [0.2, 0.25) is 5.02 Å². The molecule has 4 heterocycles. The van der Waals surface area contributed by atoms with Gasteiger partial charge in [-0.3, -0.25) is 4.79 Å². The van der Waals surface area contributed by atoms with Crippen LogP contribution in [-0.2, 0) is 22.5 Å². The van der Waals surface area contributed by atoms with Crippen molar-refractivity contribution in [2.24, 2.45) is 0 Å². The van der Waals surface area contributed by atoms with Crippen molar-refractivity contribution < 1.29 is 14.3 Å². The van der Waals surface area contributed by atoms with Crippen molar-refractivity contribution in [3.8, 4) is 6.01 Å². The number of hydrogen-bond donors (Lipinski definition) is 0. The molecule has 2 saturated heterocycles. The van der Waals surface area contributed by atoms with Crippen molar-refractivity contribution in [2.75, 3.05) is 76.4 Å². The van der Waals surface area contributed by atoms with Gasteiger partial charge in [0.25, 0.3) is 5.91 Å². The Labute approximate surface area is 270 Å². The van der Waals surface area contributed by atoms with Gasteiger partial charge >= 0.3 is 6.01 Å². The number of likely N-dealkylation sites (tertiary alicyclic amines) is 1. The number of halogens is 1. The lowest BCUT2D eigenvalue weighted by Gasteiger charge is -2.41. The second-order valence-corrected chi connectivity index (χ2v) is 12.5. The van der Waals surface area contributed by atoms with Gasteiger partial charge in [0.2, 0.25) is 6.54 Å². The minimum atomic E-state index is -0.294. The number of amides is 1. The lowest BCUT2D eigenvalue weighted by atomic mass is 10.0. The third-order valence-electron chi connectivity index (χ3n) is 9.24. The van der Waals surface area contributed by atoms with E-state index in [9.17, 15) is 4.79 Å². The standard InChI is InChI=1S/C34H40ClN7O3/c1-23(21-44-4)33(43)42-17-16-41(19-26(42)18-36-2)32-27-13-15-40(30-12-6-9-24-8-5-11-28(35)31(24)30)20-29(27)37-34(38-32)45-22-25-10-7-14-39(25)3/h5-6,8-9,11-12,25-26H,1,7,10,13-22H2,3-4H3/t25-,26-/m0/s1. The molecule has 45 heavy (non-hydrogen) atoms. The van der Waals surface area contributed by atoms with Gasteiger partial charge in [-0.05, 0) is 50.4 Å². The van der Waals surface area contributed by atoms with E-state index in [2.05, 4.69) is 57.4 Å². The zero-order chi connectivity index (χ0) is 31.5. The van der Waals surface area contributed by atoms with E-state index in [1.54, 1.807) is 12.0 Å². The first-order chi connectivity index (χ1) is 21.9. The molecule has 0 bridgehead atoms. The Morgan fingerprint density at radius 2 is 1.93 bits per heavy atom. The van der Waals surface area contributed by atoms with Gasteiger partial charge in [0.1, 0.15) is 18.5 Å². The third kappa shape index (κ3) is 6.43. The molecule has 1 amide bonds. The maximum atomic E-state index is 13.2. The second-order valence-electron chi connectivity index (χ2n) is 12.1. The Morgan fingerprint density at radius 3 is 2.69 bits per heavy atom. The number of fused-ring (bicyclic) bond motifs is 2. The molecule has 2 atom stereocenters. The van der Waals surface area contributed by atoms with Crippen LogP contribution in [0.15, 0.2) is 48.6 Å². The van der Waals surface area contributed by atoms with E-state index in [1.165, 1.54) is 0 Å². The summed E-state index contributed by atoms with van der Waals surface area (Å²) in [6, 6.07) is 12.7. The second kappa shape index (κ2) is 13.6. The minimum absolute atomic E-state index is 0.163. The van der Waals surface area contributed by atoms with E-state index < -0.39 is 0 Å². The summed E-state index contributed by atoms with van der Waals surface area (Å²) >= 11 is 6.71. The van der Waals surface area contributed by atoms with Crippen molar-refractivity contribution >= 4 is 39.8 Å². The summed E-state index contributed by atoms with van der Waals surface area (Å²) in [7, 11) is 3.68. The van der Waals surface area contributed by atoms with Crippen molar-refractivity contribution in [1.82, 2.24) is 19.8 Å². The predicted octanol–water partition coefficient (Wildman–Crippen LogP) is 4.46. The van der Waals surface area contributed by atoms with E-state index in [1.807, 2.05) is 12.1 Å². The van der Waals surface area contributed by atoms with E-state index in [4.69, 9.17) is 37.6 Å². The van der Waals surface area contributed by atoms with Crippen LogP contribution in [0.4, 0.5) is 11.5 Å². The smallest absolute Gasteiger partial charge is 0.318 e. The fraction of sp³-hybridized carbons (Fsp3) is 0.471. The molecule has 0 spiro atoms. The molecule has 0 unspecified atom stereocenters. The normalized spacial score (nSPS) is 20.3. The first-order valence-corrected chi connectivity index (χ1v) is 16.0. The molecule has 0 saturated carbocycles. The molecule has 0 aliphatic carbocycles. The molecule has 1 aromatic heterocycles. The predicted molar refractivity (Wildman–Crippen MR) is 177 cm³/mol. The van der Waals surface area contributed by atoms with E-state index in [0.29, 0.717) is 50.4 Å². The Balaban J connectivity index is 1.32. The lowest BCUT2D eigenvalue weighted by molar-refractivity contribution is -0.130. The van der Waals surface area contributed by atoms with Gasteiger partial charge in [-0.1, -0.05) is 42.4 Å². The van der Waals surface area contributed by atoms with Gasteiger partial charge < -0.3 is 33.9 Å². The number of ether oxygens (including phenoxy) is 2. The van der Waals surface area contributed by atoms with Gasteiger partial charge in [-0.2, -0.15) is 9.97 Å². The first-order valence-electron chi connectivity index (χ1n) is 15.6. The highest BCUT2D eigenvalue weighted by Crippen LogP contribution is 2.37. The SMILES string of the molecule is [C-]#[N+]C[C@H]1CN(c2nc(OC[C@@H]3CCCN3C)nc3c2CCN(c2cccc4cccc(Cl)c24)C3)CCN1C(=O)C(=C)COC. The average Bonchev–Trinajstić information content (AvgIpc) is 3.47. The minimum Gasteiger partial charge on any atom is -0.462 e. The first kappa shape index (κ1) is 31.1. The Bertz CT molecular complexity index is 1620. The summed E-state index contributed by atoms with van der Waals surface area (Å²) in [5, 5.41) is 2.87. The number of carbonyl (C=O) groups excluding carboxylic acids is 1. The molecular weight excluding hydrogens is 590 g/mol. The maximum absolute atomic E-state index is 13.2. The molecule has 3 aliphatic rings. The molecule has 3 aromatic rings. The third-order valence-corrected chi connectivity index (χ3v) is 9.55. The number of piperazine rings is 1. The zero-order valence-electron chi connectivity index (χ0n) is 26.0. The fourth-order valence-corrected chi connectivity index (χ4v) is 7.11. The van der Waals surface area contributed by atoms with Crippen LogP contribution in [0.1, 0.15) is 24.1 Å². The molecule has 2 aromatic carbocycles. The highest BCUT2D eigenvalue weighted by atomic mass is 35.5. The Hall–Kier alpha value is -3.91. The van der Waals surface area contributed by atoms with Crippen molar-refractivity contribution in [3.05, 3.63) is 76.2 Å². The number of aromatic nitrogens is 2. The van der Waals surface area contributed by atoms with Gasteiger partial charge in [0.15, 0.2) is 0 Å². The molecule has 236 valence electrons. The summed E-state index contributed by atoms with van der Waals surface area (Å²) < 4.78 is 11.5. The highest BCUT2D eigenvalue weighted by Gasteiger charge is 2.36. The molecular formula is C34H40ClN7O3. The topological polar surface area (TPSA) is 78.6 Å². The molecule has 11 heteroatoms. The summed E-state index contributed by atoms with van der Waals surface area (Å²) in [5.41, 5.74) is 3.49. The van der Waals surface area contributed by atoms with Gasteiger partial charge in [-0.15, -0.1) is 0 Å². The number of nitrogens with zero attached hydrogens (tertiary/aromatic N) is 7. The number of hydrogen-bond acceptors (Lipinski definition) is 8. The van der Waals surface area contributed by atoms with Crippen molar-refractivity contribution in [3.63, 3.8) is 0 Å². The highest BCUT2D eigenvalue weighted by molar-refractivity contribution is 6.36. The zero-order valence-corrected chi connectivity index (χ0v) is 26.8. The molecule has 6 rings (SSSR count). The Morgan fingerprint density at radius 1 is 1.11 bits per heavy atom. The summed E-state index contributed by atoms with van der Waals surface area (Å²) in [5.74, 6) is 0.673. The number of anilines is 2. The summed E-state index contributed by atoms with van der Waals surface area (Å²) in [6.07, 6.45) is 2.99. The number of likely N-dealkylation sites (N-methyl/N-ethyl adjacent to an activating group) is 1. The van der Waals surface area contributed by atoms with Crippen LogP contribution < -0.4 is 14.5 Å². The van der Waals surface area contributed by atoms with E-state index in [0.717, 1.165) is 70.9 Å². The van der Waals surface area contributed by atoms with Gasteiger partial charge in [0.05, 0.1) is 23.9 Å². The Kier molecular flexibility index (Phi) is 9.40. The van der Waals surface area contributed by atoms with Crippen molar-refractivity contribution in [1.29, 1.82) is 0 Å².